The number of hydrogen-bond acceptors (Lipinski definition) is 2. The summed E-state index contributed by atoms with van der Waals surface area (Å²) in [5, 5.41) is 0. The van der Waals surface area contributed by atoms with Crippen LogP contribution in [0.1, 0.15) is 0 Å². The Hall–Kier alpha value is 1.33. The smallest absolute Gasteiger partial charge is 0.264 e. The van der Waals surface area contributed by atoms with Crippen molar-refractivity contribution in [2.75, 3.05) is 0 Å². The highest BCUT2D eigenvalue weighted by molar-refractivity contribution is 14.0. The largest absolute Gasteiger partial charge is 0.394 e. The van der Waals surface area contributed by atoms with Crippen molar-refractivity contribution in [1.29, 1.82) is 0 Å². The van der Waals surface area contributed by atoms with E-state index in [9.17, 15) is 0 Å². The van der Waals surface area contributed by atoms with Gasteiger partial charge in [-0.2, -0.15) is 8.42 Å². The van der Waals surface area contributed by atoms with Gasteiger partial charge in [-0.15, -0.1) is 48.0 Å². The zero-order chi connectivity index (χ0) is 4.50. The Kier molecular flexibility index (Phi) is 12.3. The highest BCUT2D eigenvalue weighted by atomic mass is 127. The van der Waals surface area contributed by atoms with Gasteiger partial charge in [-0.3, -0.25) is 9.11 Å². The van der Waals surface area contributed by atoms with Gasteiger partial charge in [-0.25, -0.2) is 0 Å². The van der Waals surface area contributed by atoms with Gasteiger partial charge < -0.3 is 0 Å². The van der Waals surface area contributed by atoms with Crippen LogP contribution in [0.3, 0.4) is 0 Å². The van der Waals surface area contributed by atoms with Crippen LogP contribution in [0.4, 0.5) is 0 Å². The van der Waals surface area contributed by atoms with E-state index in [4.69, 9.17) is 17.5 Å². The van der Waals surface area contributed by atoms with E-state index in [-0.39, 0.29) is 48.0 Å². The van der Waals surface area contributed by atoms with E-state index in [1.807, 2.05) is 0 Å². The summed E-state index contributed by atoms with van der Waals surface area (Å²) in [4.78, 5) is 0. The summed E-state index contributed by atoms with van der Waals surface area (Å²) < 4.78 is 31.6. The maximum Gasteiger partial charge on any atom is 0.394 e. The van der Waals surface area contributed by atoms with E-state index < -0.39 is 10.4 Å². The highest BCUT2D eigenvalue weighted by Gasteiger charge is 1.84. The second-order valence-corrected chi connectivity index (χ2v) is 1.34. The number of halogens is 2. The molecule has 4 nitrogen and oxygen atoms in total. The summed E-state index contributed by atoms with van der Waals surface area (Å²) in [5.74, 6) is 0. The molecule has 0 atom stereocenters. The van der Waals surface area contributed by atoms with Gasteiger partial charge in [0.15, 0.2) is 0 Å². The lowest BCUT2D eigenvalue weighted by Gasteiger charge is -1.68. The summed E-state index contributed by atoms with van der Waals surface area (Å²) in [7, 11) is -4.67. The topological polar surface area (TPSA) is 74.6 Å². The molecule has 0 aliphatic carbocycles. The van der Waals surface area contributed by atoms with Crippen LogP contribution in [0.15, 0.2) is 0 Å². The first-order valence-corrected chi connectivity index (χ1v) is 2.10. The summed E-state index contributed by atoms with van der Waals surface area (Å²) >= 11 is 0. The first-order valence-electron chi connectivity index (χ1n) is 0.698. The lowest BCUT2D eigenvalue weighted by Crippen LogP contribution is -1.89. The molecule has 0 radical (unpaired) electrons. The third kappa shape index (κ3) is 118. The zero-order valence-corrected chi connectivity index (χ0v) is 8.41. The third-order valence-electron chi connectivity index (χ3n) is 0. The molecule has 0 rings (SSSR count). The molecule has 0 aromatic rings. The predicted octanol–water partition coefficient (Wildman–Crippen LogP) is 0.583. The van der Waals surface area contributed by atoms with Crippen LogP contribution in [0.2, 0.25) is 0 Å². The molecule has 0 fully saturated rings. The standard InChI is InChI=1S/2HI.H2O4S/c;;1-5(2,3)4/h2*1H;(H2,1,2,3,4). The summed E-state index contributed by atoms with van der Waals surface area (Å²) in [5.41, 5.74) is 0. The average Bonchev–Trinajstić information content (AvgIpc) is 0.722. The molecular formula is H4I2O4S. The van der Waals surface area contributed by atoms with Gasteiger partial charge in [0.1, 0.15) is 0 Å². The van der Waals surface area contributed by atoms with E-state index in [1.165, 1.54) is 0 Å². The first-order chi connectivity index (χ1) is 2.00. The molecule has 7 heteroatoms. The molecule has 0 amide bonds. The van der Waals surface area contributed by atoms with E-state index in [0.29, 0.717) is 0 Å². The SMILES string of the molecule is I.I.O=S(=O)(O)O. The Labute approximate surface area is 75.3 Å². The van der Waals surface area contributed by atoms with Crippen LogP contribution in [-0.2, 0) is 10.4 Å². The molecule has 7 heavy (non-hydrogen) atoms. The maximum absolute atomic E-state index is 8.74. The maximum atomic E-state index is 8.74. The minimum Gasteiger partial charge on any atom is -0.264 e. The molecule has 0 heterocycles. The van der Waals surface area contributed by atoms with Crippen molar-refractivity contribution in [1.82, 2.24) is 0 Å². The predicted molar refractivity (Wildman–Crippen MR) is 45.0 cm³/mol. The molecule has 0 aliphatic rings. The molecule has 2 N–H and O–H groups in total. The summed E-state index contributed by atoms with van der Waals surface area (Å²) in [6.45, 7) is 0. The van der Waals surface area contributed by atoms with Gasteiger partial charge in [0.25, 0.3) is 0 Å². The molecule has 0 saturated carbocycles. The zero-order valence-electron chi connectivity index (χ0n) is 2.94. The molecule has 0 aromatic heterocycles. The second-order valence-electron chi connectivity index (χ2n) is 0.448. The Morgan fingerprint density at radius 2 is 1.00 bits per heavy atom. The molecular weight excluding hydrogens is 350 g/mol. The lowest BCUT2D eigenvalue weighted by molar-refractivity contribution is 0.381. The van der Waals surface area contributed by atoms with Crippen LogP contribution in [0, 0.1) is 0 Å². The first kappa shape index (κ1) is 15.8. The summed E-state index contributed by atoms with van der Waals surface area (Å²) in [6, 6.07) is 0. The van der Waals surface area contributed by atoms with Crippen molar-refractivity contribution in [3.05, 3.63) is 0 Å². The van der Waals surface area contributed by atoms with Crippen LogP contribution in [0.5, 0.6) is 0 Å². The molecule has 0 aliphatic heterocycles. The summed E-state index contributed by atoms with van der Waals surface area (Å²) in [6.07, 6.45) is 0. The van der Waals surface area contributed by atoms with Gasteiger partial charge >= 0.3 is 10.4 Å². The highest BCUT2D eigenvalue weighted by Crippen LogP contribution is 1.59. The monoisotopic (exact) mass is 354 g/mol. The fourth-order valence-corrected chi connectivity index (χ4v) is 0. The molecule has 0 bridgehead atoms. The van der Waals surface area contributed by atoms with Crippen molar-refractivity contribution in [3.63, 3.8) is 0 Å². The fraction of sp³-hybridized carbons (Fsp3) is 0. The van der Waals surface area contributed by atoms with Gasteiger partial charge in [-0.05, 0) is 0 Å². The molecule has 0 spiro atoms. The van der Waals surface area contributed by atoms with Gasteiger partial charge in [-0.1, -0.05) is 0 Å². The lowest BCUT2D eigenvalue weighted by atomic mass is 15.8. The Balaban J connectivity index is -0.0000000800. The fourth-order valence-electron chi connectivity index (χ4n) is 0. The molecule has 0 aromatic carbocycles. The van der Waals surface area contributed by atoms with Crippen molar-refractivity contribution >= 4 is 58.4 Å². The van der Waals surface area contributed by atoms with Gasteiger partial charge in [0.2, 0.25) is 0 Å². The Morgan fingerprint density at radius 3 is 1.00 bits per heavy atom. The Bertz CT molecular complexity index is 92.9. The van der Waals surface area contributed by atoms with Crippen molar-refractivity contribution < 1.29 is 17.5 Å². The molecule has 48 valence electrons. The molecule has 0 unspecified atom stereocenters. The van der Waals surface area contributed by atoms with Crippen LogP contribution >= 0.6 is 48.0 Å². The van der Waals surface area contributed by atoms with E-state index in [2.05, 4.69) is 0 Å². The van der Waals surface area contributed by atoms with E-state index in [0.717, 1.165) is 0 Å². The van der Waals surface area contributed by atoms with Gasteiger partial charge in [0.05, 0.1) is 0 Å². The minimum absolute atomic E-state index is 0. The van der Waals surface area contributed by atoms with Crippen molar-refractivity contribution in [2.45, 2.75) is 0 Å². The van der Waals surface area contributed by atoms with Crippen LogP contribution in [0.25, 0.3) is 0 Å². The second kappa shape index (κ2) is 5.47. The Morgan fingerprint density at radius 1 is 1.00 bits per heavy atom. The minimum atomic E-state index is -4.67. The van der Waals surface area contributed by atoms with Crippen LogP contribution in [-0.4, -0.2) is 17.5 Å². The van der Waals surface area contributed by atoms with Crippen molar-refractivity contribution in [2.24, 2.45) is 0 Å². The van der Waals surface area contributed by atoms with Gasteiger partial charge in [0, 0.05) is 0 Å². The van der Waals surface area contributed by atoms with Crippen molar-refractivity contribution in [3.8, 4) is 0 Å². The number of rotatable bonds is 0. The normalized spacial score (nSPS) is 8.29. The average molecular weight is 354 g/mol. The molecule has 0 saturated heterocycles. The third-order valence-corrected chi connectivity index (χ3v) is 0. The van der Waals surface area contributed by atoms with Crippen LogP contribution < -0.4 is 0 Å². The van der Waals surface area contributed by atoms with E-state index in [1.54, 1.807) is 0 Å². The quantitative estimate of drug-likeness (QED) is 0.493. The number of hydrogen-bond donors (Lipinski definition) is 2. The van der Waals surface area contributed by atoms with E-state index >= 15 is 0 Å².